The minimum Gasteiger partial charge on any atom is -0.371 e. The fourth-order valence-corrected chi connectivity index (χ4v) is 11.2. The zero-order valence-corrected chi connectivity index (χ0v) is 21.6. The van der Waals surface area contributed by atoms with Gasteiger partial charge in [0.15, 0.2) is 0 Å². The van der Waals surface area contributed by atoms with Crippen molar-refractivity contribution in [3.8, 4) is 11.5 Å². The van der Waals surface area contributed by atoms with E-state index in [0.717, 1.165) is 0 Å². The Balaban J connectivity index is 2.46. The first-order chi connectivity index (χ1) is 13.6. The standard InChI is InChI=1S/C27H45NSi/c1-19(2)29(20(3)4,21(5)6)16-15-26(25-13-11-10-12-14-25)28-27-23(8)17-22(7)18-24(27)9/h17-21,25-26,28H,10-14H2,1-9H3. The van der Waals surface area contributed by atoms with E-state index in [2.05, 4.69) is 91.2 Å². The Labute approximate surface area is 182 Å². The molecular formula is C27H45NSi. The molecule has 1 N–H and O–H groups in total. The molecule has 2 heteroatoms. The van der Waals surface area contributed by atoms with Gasteiger partial charge in [0.25, 0.3) is 0 Å². The van der Waals surface area contributed by atoms with Crippen molar-refractivity contribution in [3.05, 3.63) is 28.8 Å². The van der Waals surface area contributed by atoms with Gasteiger partial charge in [-0.1, -0.05) is 84.4 Å². The SMILES string of the molecule is Cc1cc(C)c(NC(C#C[Si](C(C)C)(C(C)C)C(C)C)C2CCCCC2)c(C)c1. The summed E-state index contributed by atoms with van der Waals surface area (Å²) < 4.78 is 0. The molecule has 0 saturated heterocycles. The lowest BCUT2D eigenvalue weighted by atomic mass is 9.84. The first-order valence-corrected chi connectivity index (χ1v) is 14.2. The minimum absolute atomic E-state index is 0.276. The molecule has 1 unspecified atom stereocenters. The van der Waals surface area contributed by atoms with Crippen LogP contribution in [0.5, 0.6) is 0 Å². The molecule has 1 aromatic rings. The maximum atomic E-state index is 4.03. The summed E-state index contributed by atoms with van der Waals surface area (Å²) in [4.78, 5) is 0. The molecule has 1 aliphatic rings. The molecule has 1 saturated carbocycles. The van der Waals surface area contributed by atoms with E-state index in [9.17, 15) is 0 Å². The van der Waals surface area contributed by atoms with E-state index in [1.54, 1.807) is 0 Å². The van der Waals surface area contributed by atoms with Crippen LogP contribution >= 0.6 is 0 Å². The Morgan fingerprint density at radius 2 is 1.31 bits per heavy atom. The van der Waals surface area contributed by atoms with Crippen molar-refractivity contribution in [1.82, 2.24) is 0 Å². The van der Waals surface area contributed by atoms with Crippen molar-refractivity contribution < 1.29 is 0 Å². The summed E-state index contributed by atoms with van der Waals surface area (Å²) in [6, 6.07) is 4.88. The second kappa shape index (κ2) is 10.2. The lowest BCUT2D eigenvalue weighted by Gasteiger charge is -2.38. The van der Waals surface area contributed by atoms with Crippen molar-refractivity contribution in [3.63, 3.8) is 0 Å². The van der Waals surface area contributed by atoms with Crippen LogP contribution in [0.15, 0.2) is 12.1 Å². The Bertz CT molecular complexity index is 684. The summed E-state index contributed by atoms with van der Waals surface area (Å²) in [5.41, 5.74) is 11.4. The van der Waals surface area contributed by atoms with Crippen LogP contribution in [-0.4, -0.2) is 14.1 Å². The lowest BCUT2D eigenvalue weighted by Crippen LogP contribution is -2.44. The Hall–Kier alpha value is -1.20. The van der Waals surface area contributed by atoms with Crippen molar-refractivity contribution in [2.45, 2.75) is 117 Å². The molecule has 2 rings (SSSR count). The summed E-state index contributed by atoms with van der Waals surface area (Å²) in [7, 11) is -1.71. The van der Waals surface area contributed by atoms with Crippen molar-refractivity contribution in [1.29, 1.82) is 0 Å². The molecule has 0 aromatic heterocycles. The second-order valence-corrected chi connectivity index (χ2v) is 16.0. The van der Waals surface area contributed by atoms with Crippen LogP contribution in [0.4, 0.5) is 5.69 Å². The largest absolute Gasteiger partial charge is 0.371 e. The van der Waals surface area contributed by atoms with E-state index in [1.807, 2.05) is 0 Å². The van der Waals surface area contributed by atoms with Gasteiger partial charge in [-0.2, -0.15) is 0 Å². The highest BCUT2D eigenvalue weighted by Gasteiger charge is 2.42. The number of anilines is 1. The number of hydrogen-bond donors (Lipinski definition) is 1. The molecule has 0 radical (unpaired) electrons. The molecule has 0 heterocycles. The summed E-state index contributed by atoms with van der Waals surface area (Å²) in [5.74, 6) is 4.57. The fourth-order valence-electron chi connectivity index (χ4n) is 5.94. The van der Waals surface area contributed by atoms with Crippen LogP contribution in [0, 0.1) is 38.2 Å². The molecule has 0 spiro atoms. The van der Waals surface area contributed by atoms with Crippen LogP contribution in [0.2, 0.25) is 16.6 Å². The van der Waals surface area contributed by atoms with E-state index in [4.69, 9.17) is 0 Å². The summed E-state index contributed by atoms with van der Waals surface area (Å²) >= 11 is 0. The zero-order valence-electron chi connectivity index (χ0n) is 20.6. The van der Waals surface area contributed by atoms with Gasteiger partial charge in [0, 0.05) is 5.69 Å². The summed E-state index contributed by atoms with van der Waals surface area (Å²) in [5, 5.41) is 3.95. The normalized spacial score (nSPS) is 16.8. The third kappa shape index (κ3) is 5.49. The van der Waals surface area contributed by atoms with Crippen LogP contribution in [0.1, 0.15) is 90.3 Å². The van der Waals surface area contributed by atoms with E-state index < -0.39 is 8.07 Å². The van der Waals surface area contributed by atoms with Crippen LogP contribution in [0.3, 0.4) is 0 Å². The van der Waals surface area contributed by atoms with E-state index in [1.165, 1.54) is 54.5 Å². The number of benzene rings is 1. The lowest BCUT2D eigenvalue weighted by molar-refractivity contribution is 0.347. The number of aryl methyl sites for hydroxylation is 3. The molecule has 0 aliphatic heterocycles. The van der Waals surface area contributed by atoms with Gasteiger partial charge in [-0.25, -0.2) is 0 Å². The van der Waals surface area contributed by atoms with Gasteiger partial charge in [0.1, 0.15) is 8.07 Å². The average Bonchev–Trinajstić information content (AvgIpc) is 2.63. The van der Waals surface area contributed by atoms with Crippen LogP contribution in [0.25, 0.3) is 0 Å². The van der Waals surface area contributed by atoms with Crippen molar-refractivity contribution in [2.75, 3.05) is 5.32 Å². The van der Waals surface area contributed by atoms with E-state index in [-0.39, 0.29) is 6.04 Å². The molecule has 1 atom stereocenters. The van der Waals surface area contributed by atoms with Gasteiger partial charge in [0.2, 0.25) is 0 Å². The third-order valence-electron chi connectivity index (χ3n) is 7.41. The van der Waals surface area contributed by atoms with Gasteiger partial charge in [-0.05, 0) is 67.3 Å². The second-order valence-electron chi connectivity index (χ2n) is 10.5. The average molecular weight is 412 g/mol. The highest BCUT2D eigenvalue weighted by atomic mass is 28.3. The Morgan fingerprint density at radius 3 is 1.76 bits per heavy atom. The maximum absolute atomic E-state index is 4.03. The highest BCUT2D eigenvalue weighted by molar-refractivity contribution is 6.90. The van der Waals surface area contributed by atoms with Crippen molar-refractivity contribution in [2.24, 2.45) is 5.92 Å². The summed E-state index contributed by atoms with van der Waals surface area (Å²) in [6.07, 6.45) is 6.74. The Kier molecular flexibility index (Phi) is 8.47. The molecule has 0 bridgehead atoms. The van der Waals surface area contributed by atoms with Crippen LogP contribution in [-0.2, 0) is 0 Å². The number of nitrogens with one attached hydrogen (secondary N) is 1. The van der Waals surface area contributed by atoms with Gasteiger partial charge in [-0.3, -0.25) is 0 Å². The predicted octanol–water partition coefficient (Wildman–Crippen LogP) is 8.19. The topological polar surface area (TPSA) is 12.0 Å². The molecule has 0 amide bonds. The van der Waals surface area contributed by atoms with E-state index in [0.29, 0.717) is 22.5 Å². The molecular weight excluding hydrogens is 366 g/mol. The molecule has 1 nitrogen and oxygen atoms in total. The highest BCUT2D eigenvalue weighted by Crippen LogP contribution is 2.41. The van der Waals surface area contributed by atoms with Gasteiger partial charge in [-0.15, -0.1) is 5.54 Å². The maximum Gasteiger partial charge on any atom is 0.146 e. The van der Waals surface area contributed by atoms with E-state index >= 15 is 0 Å². The van der Waals surface area contributed by atoms with Gasteiger partial charge in [0.05, 0.1) is 6.04 Å². The third-order valence-corrected chi connectivity index (χ3v) is 13.7. The predicted molar refractivity (Wildman–Crippen MR) is 133 cm³/mol. The first-order valence-electron chi connectivity index (χ1n) is 12.0. The van der Waals surface area contributed by atoms with Gasteiger partial charge >= 0.3 is 0 Å². The fraction of sp³-hybridized carbons (Fsp3) is 0.704. The molecule has 1 aliphatic carbocycles. The number of rotatable bonds is 6. The first kappa shape index (κ1) is 24.1. The molecule has 29 heavy (non-hydrogen) atoms. The Morgan fingerprint density at radius 1 is 0.828 bits per heavy atom. The molecule has 1 aromatic carbocycles. The molecule has 162 valence electrons. The zero-order chi connectivity index (χ0) is 21.8. The monoisotopic (exact) mass is 411 g/mol. The quantitative estimate of drug-likeness (QED) is 0.367. The smallest absolute Gasteiger partial charge is 0.146 e. The van der Waals surface area contributed by atoms with Gasteiger partial charge < -0.3 is 5.32 Å². The van der Waals surface area contributed by atoms with Crippen molar-refractivity contribution >= 4 is 13.8 Å². The number of hydrogen-bond acceptors (Lipinski definition) is 1. The summed E-state index contributed by atoms with van der Waals surface area (Å²) in [6.45, 7) is 21.2. The minimum atomic E-state index is -1.71. The molecule has 1 fully saturated rings. The van der Waals surface area contributed by atoms with Crippen LogP contribution < -0.4 is 5.32 Å².